The Morgan fingerprint density at radius 3 is 1.31 bits per heavy atom. The third-order valence-corrected chi connectivity index (χ3v) is 8.79. The maximum atomic E-state index is 14.6. The van der Waals surface area contributed by atoms with Crippen molar-refractivity contribution >= 4 is 20.1 Å². The van der Waals surface area contributed by atoms with Gasteiger partial charge < -0.3 is 9.59 Å². The van der Waals surface area contributed by atoms with Crippen molar-refractivity contribution in [3.63, 3.8) is 0 Å². The average molecular weight is 750 g/mol. The van der Waals surface area contributed by atoms with Crippen molar-refractivity contribution in [1.29, 1.82) is 0 Å². The summed E-state index contributed by atoms with van der Waals surface area (Å²) >= 11 is 0. The fourth-order valence-electron chi connectivity index (χ4n) is 3.28. The van der Waals surface area contributed by atoms with Gasteiger partial charge in [0.15, 0.2) is 0 Å². The normalized spacial score (nSPS) is 16.0. The highest BCUT2D eigenvalue weighted by Crippen LogP contribution is 2.64. The molecule has 0 fully saturated rings. The number of alkyl halides is 17. The average Bonchev–Trinajstić information content (AvgIpc) is 2.80. The first-order valence-electron chi connectivity index (χ1n) is 11.4. The summed E-state index contributed by atoms with van der Waals surface area (Å²) in [6.07, 6.45) is -10.1. The monoisotopic (exact) mass is 750 g/mol. The first-order chi connectivity index (χ1) is 19.4. The Morgan fingerprint density at radius 2 is 0.956 bits per heavy atom. The molecule has 0 radical (unpaired) electrons. The van der Waals surface area contributed by atoms with Crippen LogP contribution in [0, 0.1) is 0 Å². The van der Waals surface area contributed by atoms with Crippen LogP contribution >= 0.6 is 0 Å². The number of hydrogen-bond donors (Lipinski definition) is 1. The van der Waals surface area contributed by atoms with Crippen LogP contribution in [0.25, 0.3) is 0 Å². The van der Waals surface area contributed by atoms with E-state index in [9.17, 15) is 96.6 Å². The molecule has 27 heteroatoms. The van der Waals surface area contributed by atoms with E-state index in [1.165, 1.54) is 14.1 Å². The van der Waals surface area contributed by atoms with Gasteiger partial charge in [-0.1, -0.05) is 6.61 Å². The second kappa shape index (κ2) is 12.9. The zero-order valence-electron chi connectivity index (χ0n) is 22.3. The van der Waals surface area contributed by atoms with Crippen LogP contribution in [0.3, 0.4) is 0 Å². The first kappa shape index (κ1) is 43.5. The molecule has 0 amide bonds. The molecule has 0 spiro atoms. The summed E-state index contributed by atoms with van der Waals surface area (Å²) in [5, 5.41) is 2.97. The summed E-state index contributed by atoms with van der Waals surface area (Å²) in [4.78, 5) is 0. The van der Waals surface area contributed by atoms with Gasteiger partial charge in [-0.3, -0.25) is 4.55 Å². The number of likely N-dealkylation sites (N-methyl/N-ethyl adjacent to an activating group) is 1. The molecular formula is C18H23F17N2O6S2. The summed E-state index contributed by atoms with van der Waals surface area (Å²) in [5.41, 5.74) is 0. The summed E-state index contributed by atoms with van der Waals surface area (Å²) in [5.74, 6) is -54.0. The standard InChI is InChI=1S/C18H23F17N2O6S2/c1-37(2,8-9-38)7-3-5-36(6-4-10-44(39,40)41)45(42,43)18(34,35)16(29,30)14(25,26)12(21,22)11(19,20)13(23,24)15(27,28)17(31,32)33/h3-10H2,1-2H3,(H,39,40,41). The van der Waals surface area contributed by atoms with Gasteiger partial charge in [-0.05, 0) is 6.42 Å². The van der Waals surface area contributed by atoms with Crippen molar-refractivity contribution in [2.24, 2.45) is 0 Å². The van der Waals surface area contributed by atoms with Gasteiger partial charge >= 0.3 is 47.0 Å². The topological polar surface area (TPSA) is 115 Å². The van der Waals surface area contributed by atoms with Crippen molar-refractivity contribution in [2.45, 2.75) is 59.8 Å². The van der Waals surface area contributed by atoms with Gasteiger partial charge in [0.05, 0.1) is 32.9 Å². The van der Waals surface area contributed by atoms with Crippen LogP contribution in [0.15, 0.2) is 0 Å². The van der Waals surface area contributed by atoms with E-state index in [-0.39, 0.29) is 11.0 Å². The lowest BCUT2D eigenvalue weighted by Crippen LogP contribution is -2.75. The van der Waals surface area contributed by atoms with Crippen molar-refractivity contribution in [3.8, 4) is 0 Å². The molecule has 8 nitrogen and oxygen atoms in total. The summed E-state index contributed by atoms with van der Waals surface area (Å²) in [6.45, 7) is -4.80. The Balaban J connectivity index is 7.00. The van der Waals surface area contributed by atoms with Crippen molar-refractivity contribution in [2.75, 3.05) is 52.6 Å². The molecule has 0 unspecified atom stereocenters. The van der Waals surface area contributed by atoms with Crippen LogP contribution in [-0.2, 0) is 20.1 Å². The lowest BCUT2D eigenvalue weighted by molar-refractivity contribution is -0.895. The van der Waals surface area contributed by atoms with Crippen LogP contribution in [0.2, 0.25) is 0 Å². The Morgan fingerprint density at radius 1 is 0.600 bits per heavy atom. The largest absolute Gasteiger partial charge is 0.850 e. The molecule has 0 aliphatic carbocycles. The van der Waals surface area contributed by atoms with E-state index >= 15 is 0 Å². The summed E-state index contributed by atoms with van der Waals surface area (Å²) in [6, 6.07) is 0. The number of nitrogens with zero attached hydrogens (tertiary/aromatic N) is 2. The van der Waals surface area contributed by atoms with E-state index in [1.54, 1.807) is 0 Å². The molecular weight excluding hydrogens is 727 g/mol. The lowest BCUT2D eigenvalue weighted by atomic mass is 9.91. The van der Waals surface area contributed by atoms with Gasteiger partial charge in [0.1, 0.15) is 0 Å². The van der Waals surface area contributed by atoms with Crippen LogP contribution in [0.4, 0.5) is 74.6 Å². The molecule has 0 saturated heterocycles. The third-order valence-electron chi connectivity index (χ3n) is 6.03. The molecule has 45 heavy (non-hydrogen) atoms. The van der Waals surface area contributed by atoms with E-state index in [2.05, 4.69) is 0 Å². The molecule has 272 valence electrons. The van der Waals surface area contributed by atoms with Crippen LogP contribution in [0.5, 0.6) is 0 Å². The molecule has 0 aromatic carbocycles. The smallest absolute Gasteiger partial charge is 0.460 e. The minimum Gasteiger partial charge on any atom is -0.850 e. The Hall–Kier alpha value is -1.45. The van der Waals surface area contributed by atoms with Gasteiger partial charge in [0, 0.05) is 19.5 Å². The van der Waals surface area contributed by atoms with Crippen molar-refractivity contribution in [1.82, 2.24) is 4.31 Å². The van der Waals surface area contributed by atoms with E-state index in [4.69, 9.17) is 4.55 Å². The molecule has 0 heterocycles. The van der Waals surface area contributed by atoms with E-state index in [0.717, 1.165) is 0 Å². The van der Waals surface area contributed by atoms with Gasteiger partial charge in [-0.25, -0.2) is 8.42 Å². The number of halogens is 17. The molecule has 0 aliphatic heterocycles. The van der Waals surface area contributed by atoms with Crippen LogP contribution < -0.4 is 5.11 Å². The highest BCUT2D eigenvalue weighted by atomic mass is 32.2. The Bertz CT molecular complexity index is 1240. The lowest BCUT2D eigenvalue weighted by Gasteiger charge is -2.43. The van der Waals surface area contributed by atoms with Gasteiger partial charge in [-0.2, -0.15) is 87.4 Å². The fraction of sp³-hybridized carbons (Fsp3) is 1.00. The Kier molecular flexibility index (Phi) is 12.5. The van der Waals surface area contributed by atoms with Crippen molar-refractivity contribution in [3.05, 3.63) is 0 Å². The molecule has 0 aromatic rings. The second-order valence-electron chi connectivity index (χ2n) is 9.95. The molecule has 0 aliphatic rings. The van der Waals surface area contributed by atoms with Gasteiger partial charge in [0.25, 0.3) is 20.1 Å². The number of rotatable bonds is 18. The zero-order chi connectivity index (χ0) is 36.7. The minimum atomic E-state index is -8.99. The molecule has 0 aromatic heterocycles. The predicted octanol–water partition coefficient (Wildman–Crippen LogP) is 3.69. The number of sulfonamides is 1. The maximum absolute atomic E-state index is 14.6. The minimum absolute atomic E-state index is 0.267. The summed E-state index contributed by atoms with van der Waals surface area (Å²) < 4.78 is 285. The number of hydrogen-bond acceptors (Lipinski definition) is 5. The first-order valence-corrected chi connectivity index (χ1v) is 14.5. The van der Waals surface area contributed by atoms with E-state index in [0.29, 0.717) is 0 Å². The van der Waals surface area contributed by atoms with Crippen molar-refractivity contribution < 1.29 is 106 Å². The molecule has 0 saturated carbocycles. The molecule has 1 N–H and O–H groups in total. The highest BCUT2D eigenvalue weighted by molar-refractivity contribution is 7.90. The van der Waals surface area contributed by atoms with Gasteiger partial charge in [-0.15, -0.1) is 0 Å². The SMILES string of the molecule is C[N+](C)(CC[O-])CCCN(CCCS(=O)(=O)O)S(=O)(=O)C(F)(F)C(F)(F)C(F)(F)C(F)(F)C(F)(F)C(F)(F)C(F)(F)C(F)(F)F. The predicted molar refractivity (Wildman–Crippen MR) is 114 cm³/mol. The highest BCUT2D eigenvalue weighted by Gasteiger charge is 2.96. The molecule has 0 bridgehead atoms. The van der Waals surface area contributed by atoms with Crippen LogP contribution in [-0.4, -0.2) is 130 Å². The second-order valence-corrected chi connectivity index (χ2v) is 13.5. The number of quaternary nitrogens is 1. The molecule has 0 rings (SSSR count). The van der Waals surface area contributed by atoms with E-state index < -0.39 is 116 Å². The fourth-order valence-corrected chi connectivity index (χ4v) is 5.29. The van der Waals surface area contributed by atoms with Crippen LogP contribution in [0.1, 0.15) is 12.8 Å². The quantitative estimate of drug-likeness (QED) is 0.130. The zero-order valence-corrected chi connectivity index (χ0v) is 23.9. The van der Waals surface area contributed by atoms with Gasteiger partial charge in [0.2, 0.25) is 0 Å². The Labute approximate surface area is 243 Å². The molecule has 0 atom stereocenters. The maximum Gasteiger partial charge on any atom is 0.460 e. The third kappa shape index (κ3) is 7.83. The summed E-state index contributed by atoms with van der Waals surface area (Å²) in [7, 11) is -10.2. The van der Waals surface area contributed by atoms with E-state index in [1.807, 2.05) is 0 Å².